The zero-order chi connectivity index (χ0) is 11.4. The first-order valence-electron chi connectivity index (χ1n) is 5.22. The summed E-state index contributed by atoms with van der Waals surface area (Å²) >= 11 is 3.29. The van der Waals surface area contributed by atoms with Crippen molar-refractivity contribution in [2.75, 3.05) is 17.3 Å². The molecule has 6 heteroatoms. The summed E-state index contributed by atoms with van der Waals surface area (Å²) in [6, 6.07) is 0.500. The molecule has 0 saturated carbocycles. The maximum Gasteiger partial charge on any atom is 0.313 e. The number of carboxylic acids is 1. The summed E-state index contributed by atoms with van der Waals surface area (Å²) in [4.78, 5) is 14.7. The number of rotatable bonds is 4. The Kier molecular flexibility index (Phi) is 4.17. The van der Waals surface area contributed by atoms with Crippen molar-refractivity contribution in [1.82, 2.24) is 9.55 Å². The van der Waals surface area contributed by atoms with Crippen molar-refractivity contribution in [2.45, 2.75) is 24.0 Å². The Balaban J connectivity index is 2.02. The Hall–Kier alpha value is -0.620. The van der Waals surface area contributed by atoms with Gasteiger partial charge in [0.05, 0.1) is 5.75 Å². The molecule has 1 saturated heterocycles. The van der Waals surface area contributed by atoms with E-state index < -0.39 is 5.97 Å². The van der Waals surface area contributed by atoms with E-state index in [1.807, 2.05) is 18.0 Å². The number of imidazole rings is 1. The van der Waals surface area contributed by atoms with Gasteiger partial charge in [-0.25, -0.2) is 4.98 Å². The highest BCUT2D eigenvalue weighted by Crippen LogP contribution is 2.30. The Morgan fingerprint density at radius 1 is 1.62 bits per heavy atom. The second-order valence-electron chi connectivity index (χ2n) is 3.64. The first-order valence-corrected chi connectivity index (χ1v) is 7.36. The average molecular weight is 258 g/mol. The van der Waals surface area contributed by atoms with E-state index in [0.717, 1.165) is 18.0 Å². The lowest BCUT2D eigenvalue weighted by Gasteiger charge is -2.24. The number of nitrogens with zero attached hydrogens (tertiary/aromatic N) is 2. The van der Waals surface area contributed by atoms with E-state index in [2.05, 4.69) is 9.55 Å². The first kappa shape index (κ1) is 11.9. The summed E-state index contributed by atoms with van der Waals surface area (Å²) < 4.78 is 2.13. The van der Waals surface area contributed by atoms with Crippen LogP contribution in [0, 0.1) is 0 Å². The molecule has 0 aliphatic carbocycles. The van der Waals surface area contributed by atoms with Gasteiger partial charge in [-0.05, 0) is 24.3 Å². The minimum atomic E-state index is -0.793. The Bertz CT molecular complexity index is 361. The second-order valence-corrected chi connectivity index (χ2v) is 5.81. The number of hydrogen-bond acceptors (Lipinski definition) is 4. The van der Waals surface area contributed by atoms with Crippen molar-refractivity contribution in [3.63, 3.8) is 0 Å². The maximum absolute atomic E-state index is 10.5. The summed E-state index contributed by atoms with van der Waals surface area (Å²) in [7, 11) is 0. The van der Waals surface area contributed by atoms with E-state index in [1.54, 1.807) is 6.20 Å². The average Bonchev–Trinajstić information content (AvgIpc) is 2.75. The van der Waals surface area contributed by atoms with Crippen molar-refractivity contribution in [2.24, 2.45) is 0 Å². The normalized spacial score (nSPS) is 17.5. The number of aromatic nitrogens is 2. The summed E-state index contributed by atoms with van der Waals surface area (Å²) in [5.74, 6) is 1.66. The van der Waals surface area contributed by atoms with Crippen molar-refractivity contribution >= 4 is 29.5 Å². The Morgan fingerprint density at radius 3 is 3.06 bits per heavy atom. The van der Waals surface area contributed by atoms with Crippen molar-refractivity contribution in [3.05, 3.63) is 12.4 Å². The van der Waals surface area contributed by atoms with E-state index in [1.165, 1.54) is 23.3 Å². The van der Waals surface area contributed by atoms with Gasteiger partial charge in [0.25, 0.3) is 0 Å². The van der Waals surface area contributed by atoms with Gasteiger partial charge >= 0.3 is 5.97 Å². The van der Waals surface area contributed by atoms with Crippen molar-refractivity contribution in [1.29, 1.82) is 0 Å². The van der Waals surface area contributed by atoms with Crippen molar-refractivity contribution in [3.8, 4) is 0 Å². The van der Waals surface area contributed by atoms with Gasteiger partial charge in [-0.1, -0.05) is 11.8 Å². The third-order valence-corrected chi connectivity index (χ3v) is 4.56. The van der Waals surface area contributed by atoms with E-state index in [-0.39, 0.29) is 5.75 Å². The molecule has 1 aliphatic rings. The molecule has 0 aromatic carbocycles. The predicted octanol–water partition coefficient (Wildman–Crippen LogP) is 2.13. The molecule has 1 fully saturated rings. The number of thioether (sulfide) groups is 2. The van der Waals surface area contributed by atoms with Gasteiger partial charge in [0.15, 0.2) is 5.16 Å². The van der Waals surface area contributed by atoms with Crippen LogP contribution in [0.15, 0.2) is 17.6 Å². The first-order chi connectivity index (χ1) is 7.77. The lowest BCUT2D eigenvalue weighted by molar-refractivity contribution is -0.133. The molecular formula is C10H14N2O2S2. The number of carbonyl (C=O) groups is 1. The van der Waals surface area contributed by atoms with Crippen LogP contribution in [0.5, 0.6) is 0 Å². The van der Waals surface area contributed by atoms with Crippen LogP contribution in [0.2, 0.25) is 0 Å². The van der Waals surface area contributed by atoms with Crippen LogP contribution >= 0.6 is 23.5 Å². The predicted molar refractivity (Wildman–Crippen MR) is 66.2 cm³/mol. The van der Waals surface area contributed by atoms with Crippen LogP contribution in [0.25, 0.3) is 0 Å². The lowest BCUT2D eigenvalue weighted by Crippen LogP contribution is -2.15. The molecule has 0 amide bonds. The molecule has 0 bridgehead atoms. The molecule has 1 aliphatic heterocycles. The fourth-order valence-corrected chi connectivity index (χ4v) is 3.61. The molecule has 0 spiro atoms. The van der Waals surface area contributed by atoms with Gasteiger partial charge in [0, 0.05) is 18.4 Å². The van der Waals surface area contributed by atoms with Crippen LogP contribution < -0.4 is 0 Å². The highest BCUT2D eigenvalue weighted by molar-refractivity contribution is 7.99. The minimum absolute atomic E-state index is 0.0818. The summed E-state index contributed by atoms with van der Waals surface area (Å²) in [6.45, 7) is 0. The van der Waals surface area contributed by atoms with Gasteiger partial charge in [-0.15, -0.1) is 0 Å². The monoisotopic (exact) mass is 258 g/mol. The Morgan fingerprint density at radius 2 is 2.38 bits per heavy atom. The van der Waals surface area contributed by atoms with Gasteiger partial charge in [0.1, 0.15) is 0 Å². The van der Waals surface area contributed by atoms with Crippen LogP contribution in [0.4, 0.5) is 0 Å². The van der Waals surface area contributed by atoms with E-state index in [9.17, 15) is 4.79 Å². The third kappa shape index (κ3) is 2.95. The standard InChI is InChI=1S/C10H14N2O2S2/c13-9(14)7-16-10-11-3-4-12(10)8-1-5-15-6-2-8/h3-4,8H,1-2,5-7H2,(H,13,14). The molecule has 0 radical (unpaired) electrons. The summed E-state index contributed by atoms with van der Waals surface area (Å²) in [6.07, 6.45) is 6.03. The van der Waals surface area contributed by atoms with E-state index in [4.69, 9.17) is 5.11 Å². The fraction of sp³-hybridized carbons (Fsp3) is 0.600. The molecule has 4 nitrogen and oxygen atoms in total. The lowest BCUT2D eigenvalue weighted by atomic mass is 10.1. The molecule has 0 unspecified atom stereocenters. The molecule has 0 atom stereocenters. The molecular weight excluding hydrogens is 244 g/mol. The molecule has 1 aromatic rings. The molecule has 2 heterocycles. The summed E-state index contributed by atoms with van der Waals surface area (Å²) in [5, 5.41) is 9.49. The van der Waals surface area contributed by atoms with E-state index in [0.29, 0.717) is 6.04 Å². The maximum atomic E-state index is 10.5. The summed E-state index contributed by atoms with van der Waals surface area (Å²) in [5.41, 5.74) is 0. The van der Waals surface area contributed by atoms with Gasteiger partial charge in [-0.3, -0.25) is 4.79 Å². The SMILES string of the molecule is O=C(O)CSc1nccn1C1CCSCC1. The highest BCUT2D eigenvalue weighted by atomic mass is 32.2. The molecule has 1 aromatic heterocycles. The number of hydrogen-bond donors (Lipinski definition) is 1. The minimum Gasteiger partial charge on any atom is -0.481 e. The fourth-order valence-electron chi connectivity index (χ4n) is 1.78. The highest BCUT2D eigenvalue weighted by Gasteiger charge is 2.18. The van der Waals surface area contributed by atoms with Gasteiger partial charge in [-0.2, -0.15) is 11.8 Å². The smallest absolute Gasteiger partial charge is 0.313 e. The number of carboxylic acid groups (broad SMARTS) is 1. The zero-order valence-electron chi connectivity index (χ0n) is 8.83. The van der Waals surface area contributed by atoms with Crippen LogP contribution in [0.3, 0.4) is 0 Å². The zero-order valence-corrected chi connectivity index (χ0v) is 10.5. The number of aliphatic carboxylic acids is 1. The Labute approximate surface area is 103 Å². The van der Waals surface area contributed by atoms with Gasteiger partial charge < -0.3 is 9.67 Å². The molecule has 2 rings (SSSR count). The van der Waals surface area contributed by atoms with Crippen LogP contribution in [-0.4, -0.2) is 37.9 Å². The quantitative estimate of drug-likeness (QED) is 0.838. The second kappa shape index (κ2) is 5.63. The van der Waals surface area contributed by atoms with Gasteiger partial charge in [0.2, 0.25) is 0 Å². The topological polar surface area (TPSA) is 55.1 Å². The third-order valence-electron chi connectivity index (χ3n) is 2.54. The molecule has 88 valence electrons. The van der Waals surface area contributed by atoms with Crippen LogP contribution in [-0.2, 0) is 4.79 Å². The van der Waals surface area contributed by atoms with Crippen LogP contribution in [0.1, 0.15) is 18.9 Å². The van der Waals surface area contributed by atoms with Crippen molar-refractivity contribution < 1.29 is 9.90 Å². The molecule has 1 N–H and O–H groups in total. The van der Waals surface area contributed by atoms with E-state index >= 15 is 0 Å². The molecule has 16 heavy (non-hydrogen) atoms. The largest absolute Gasteiger partial charge is 0.481 e.